The van der Waals surface area contributed by atoms with Crippen LogP contribution in [0.15, 0.2) is 18.2 Å². The number of carbonyl (C=O) groups excluding carboxylic acids is 1. The van der Waals surface area contributed by atoms with Gasteiger partial charge in [-0.3, -0.25) is 4.79 Å². The molecular formula is C17H25NOS. The van der Waals surface area contributed by atoms with E-state index in [0.29, 0.717) is 17.6 Å². The predicted molar refractivity (Wildman–Crippen MR) is 87.1 cm³/mol. The second-order valence-electron chi connectivity index (χ2n) is 6.08. The number of likely N-dealkylation sites (tertiary alicyclic amines) is 1. The Kier molecular flexibility index (Phi) is 5.53. The molecule has 0 saturated carbocycles. The van der Waals surface area contributed by atoms with Gasteiger partial charge in [0, 0.05) is 18.8 Å². The number of thioether (sulfide) groups is 1. The molecule has 1 aromatic rings. The van der Waals surface area contributed by atoms with Gasteiger partial charge in [0.1, 0.15) is 0 Å². The van der Waals surface area contributed by atoms with Crippen molar-refractivity contribution in [2.75, 3.05) is 18.8 Å². The fourth-order valence-corrected chi connectivity index (χ4v) is 3.78. The molecule has 0 N–H and O–H groups in total. The highest BCUT2D eigenvalue weighted by atomic mass is 32.2. The Morgan fingerprint density at radius 1 is 1.30 bits per heavy atom. The van der Waals surface area contributed by atoms with Gasteiger partial charge in [-0.2, -0.15) is 0 Å². The van der Waals surface area contributed by atoms with Crippen molar-refractivity contribution < 1.29 is 4.79 Å². The molecule has 1 atom stereocenters. The number of aryl methyl sites for hydroxylation is 2. The summed E-state index contributed by atoms with van der Waals surface area (Å²) < 4.78 is 0. The van der Waals surface area contributed by atoms with Gasteiger partial charge in [0.25, 0.3) is 0 Å². The summed E-state index contributed by atoms with van der Waals surface area (Å²) in [6.07, 6.45) is 2.42. The van der Waals surface area contributed by atoms with E-state index in [-0.39, 0.29) is 0 Å². The lowest BCUT2D eigenvalue weighted by Crippen LogP contribution is -2.40. The number of rotatable bonds is 4. The lowest BCUT2D eigenvalue weighted by atomic mass is 10.0. The first-order valence-electron chi connectivity index (χ1n) is 7.47. The molecule has 1 heterocycles. The van der Waals surface area contributed by atoms with Crippen molar-refractivity contribution in [2.24, 2.45) is 5.92 Å². The molecule has 1 aromatic carbocycles. The molecule has 1 fully saturated rings. The Labute approximate surface area is 126 Å². The monoisotopic (exact) mass is 291 g/mol. The zero-order chi connectivity index (χ0) is 14.5. The van der Waals surface area contributed by atoms with E-state index in [1.807, 2.05) is 4.90 Å². The lowest BCUT2D eigenvalue weighted by Gasteiger charge is -2.30. The summed E-state index contributed by atoms with van der Waals surface area (Å²) in [5.74, 6) is 2.51. The van der Waals surface area contributed by atoms with Crippen LogP contribution in [0.3, 0.4) is 0 Å². The van der Waals surface area contributed by atoms with E-state index in [4.69, 9.17) is 0 Å². The summed E-state index contributed by atoms with van der Waals surface area (Å²) in [6, 6.07) is 6.62. The van der Waals surface area contributed by atoms with Gasteiger partial charge in [-0.25, -0.2) is 0 Å². The number of hydrogen-bond acceptors (Lipinski definition) is 2. The Bertz CT molecular complexity index is 452. The van der Waals surface area contributed by atoms with Gasteiger partial charge in [-0.15, -0.1) is 11.8 Å². The number of benzene rings is 1. The molecule has 0 spiro atoms. The van der Waals surface area contributed by atoms with E-state index < -0.39 is 0 Å². The summed E-state index contributed by atoms with van der Waals surface area (Å²) in [5, 5.41) is 0. The minimum Gasteiger partial charge on any atom is -0.342 e. The fraction of sp³-hybridized carbons (Fsp3) is 0.588. The van der Waals surface area contributed by atoms with Crippen molar-refractivity contribution >= 4 is 17.7 Å². The molecule has 110 valence electrons. The summed E-state index contributed by atoms with van der Waals surface area (Å²) in [5.41, 5.74) is 3.93. The van der Waals surface area contributed by atoms with Crippen LogP contribution in [-0.2, 0) is 10.5 Å². The van der Waals surface area contributed by atoms with E-state index in [1.54, 1.807) is 11.8 Å². The van der Waals surface area contributed by atoms with Gasteiger partial charge >= 0.3 is 0 Å². The van der Waals surface area contributed by atoms with Crippen LogP contribution in [0.25, 0.3) is 0 Å². The van der Waals surface area contributed by atoms with Crippen LogP contribution in [0.5, 0.6) is 0 Å². The number of hydrogen-bond donors (Lipinski definition) is 0. The molecule has 0 radical (unpaired) electrons. The average molecular weight is 291 g/mol. The van der Waals surface area contributed by atoms with E-state index in [1.165, 1.54) is 23.1 Å². The molecule has 0 aliphatic carbocycles. The summed E-state index contributed by atoms with van der Waals surface area (Å²) in [4.78, 5) is 14.2. The molecule has 1 saturated heterocycles. The molecule has 1 unspecified atom stereocenters. The SMILES string of the molecule is Cc1cc(C)cc(CSCC(=O)N2CCCC(C)C2)c1. The highest BCUT2D eigenvalue weighted by Crippen LogP contribution is 2.19. The molecule has 0 bridgehead atoms. The molecule has 3 heteroatoms. The van der Waals surface area contributed by atoms with E-state index >= 15 is 0 Å². The highest BCUT2D eigenvalue weighted by Gasteiger charge is 2.20. The molecule has 1 aliphatic rings. The van der Waals surface area contributed by atoms with E-state index in [0.717, 1.165) is 25.3 Å². The first kappa shape index (κ1) is 15.4. The molecule has 2 nitrogen and oxygen atoms in total. The van der Waals surface area contributed by atoms with Gasteiger partial charge in [0.2, 0.25) is 5.91 Å². The van der Waals surface area contributed by atoms with Crippen LogP contribution in [0.2, 0.25) is 0 Å². The summed E-state index contributed by atoms with van der Waals surface area (Å²) in [6.45, 7) is 8.39. The van der Waals surface area contributed by atoms with Crippen molar-refractivity contribution in [1.82, 2.24) is 4.90 Å². The van der Waals surface area contributed by atoms with Crippen molar-refractivity contribution in [3.63, 3.8) is 0 Å². The van der Waals surface area contributed by atoms with Crippen LogP contribution in [-0.4, -0.2) is 29.6 Å². The standard InChI is InChI=1S/C17H25NOS/c1-13-5-4-6-18(10-13)17(19)12-20-11-16-8-14(2)7-15(3)9-16/h7-9,13H,4-6,10-12H2,1-3H3. The zero-order valence-corrected chi connectivity index (χ0v) is 13.6. The normalized spacial score (nSPS) is 19.1. The van der Waals surface area contributed by atoms with Gasteiger partial charge in [-0.1, -0.05) is 36.2 Å². The first-order chi connectivity index (χ1) is 9.54. The summed E-state index contributed by atoms with van der Waals surface area (Å²) >= 11 is 1.74. The van der Waals surface area contributed by atoms with E-state index in [2.05, 4.69) is 39.0 Å². The second kappa shape index (κ2) is 7.16. The van der Waals surface area contributed by atoms with Crippen molar-refractivity contribution in [3.8, 4) is 0 Å². The van der Waals surface area contributed by atoms with Crippen LogP contribution in [0.4, 0.5) is 0 Å². The maximum absolute atomic E-state index is 12.2. The third-order valence-electron chi connectivity index (χ3n) is 3.79. The zero-order valence-electron chi connectivity index (χ0n) is 12.8. The van der Waals surface area contributed by atoms with Crippen LogP contribution in [0.1, 0.15) is 36.5 Å². The lowest BCUT2D eigenvalue weighted by molar-refractivity contribution is -0.130. The molecule has 20 heavy (non-hydrogen) atoms. The Hall–Kier alpha value is -0.960. The molecular weight excluding hydrogens is 266 g/mol. The first-order valence-corrected chi connectivity index (χ1v) is 8.63. The number of piperidine rings is 1. The topological polar surface area (TPSA) is 20.3 Å². The van der Waals surface area contributed by atoms with Gasteiger partial charge in [0.05, 0.1) is 5.75 Å². The van der Waals surface area contributed by atoms with Gasteiger partial charge in [-0.05, 0) is 38.2 Å². The number of amides is 1. The van der Waals surface area contributed by atoms with Crippen LogP contribution >= 0.6 is 11.8 Å². The molecule has 1 amide bonds. The Morgan fingerprint density at radius 2 is 2.00 bits per heavy atom. The quantitative estimate of drug-likeness (QED) is 0.841. The molecule has 1 aliphatic heterocycles. The fourth-order valence-electron chi connectivity index (χ4n) is 2.92. The molecule has 0 aromatic heterocycles. The smallest absolute Gasteiger partial charge is 0.232 e. The average Bonchev–Trinajstić information content (AvgIpc) is 2.37. The minimum atomic E-state index is 0.311. The van der Waals surface area contributed by atoms with Crippen molar-refractivity contribution in [2.45, 2.75) is 39.4 Å². The van der Waals surface area contributed by atoms with Crippen molar-refractivity contribution in [1.29, 1.82) is 0 Å². The Balaban J connectivity index is 1.78. The van der Waals surface area contributed by atoms with Gasteiger partial charge in [0.15, 0.2) is 0 Å². The Morgan fingerprint density at radius 3 is 2.65 bits per heavy atom. The van der Waals surface area contributed by atoms with Crippen LogP contribution in [0, 0.1) is 19.8 Å². The maximum Gasteiger partial charge on any atom is 0.232 e. The van der Waals surface area contributed by atoms with E-state index in [9.17, 15) is 4.79 Å². The summed E-state index contributed by atoms with van der Waals surface area (Å²) in [7, 11) is 0. The van der Waals surface area contributed by atoms with Crippen LogP contribution < -0.4 is 0 Å². The number of nitrogens with zero attached hydrogens (tertiary/aromatic N) is 1. The third-order valence-corrected chi connectivity index (χ3v) is 4.77. The number of carbonyl (C=O) groups is 1. The second-order valence-corrected chi connectivity index (χ2v) is 7.06. The highest BCUT2D eigenvalue weighted by molar-refractivity contribution is 7.99. The third kappa shape index (κ3) is 4.55. The molecule has 2 rings (SSSR count). The largest absolute Gasteiger partial charge is 0.342 e. The predicted octanol–water partition coefficient (Wildman–Crippen LogP) is 3.80. The van der Waals surface area contributed by atoms with Crippen molar-refractivity contribution in [3.05, 3.63) is 34.9 Å². The van der Waals surface area contributed by atoms with Gasteiger partial charge < -0.3 is 4.90 Å². The maximum atomic E-state index is 12.2. The minimum absolute atomic E-state index is 0.311.